The van der Waals surface area contributed by atoms with Gasteiger partial charge in [-0.2, -0.15) is 0 Å². The van der Waals surface area contributed by atoms with Crippen LogP contribution in [0.25, 0.3) is 0 Å². The van der Waals surface area contributed by atoms with Crippen LogP contribution >= 0.6 is 24.0 Å². The number of carbonyl (C=O) groups is 1. The first-order chi connectivity index (χ1) is 8.40. The van der Waals surface area contributed by atoms with Gasteiger partial charge in [-0.1, -0.05) is 25.4 Å². The largest absolute Gasteiger partial charge is 0.492 e. The lowest BCUT2D eigenvalue weighted by Gasteiger charge is -2.12. The molecule has 1 aromatic rings. The molecule has 0 saturated heterocycles. The predicted octanol–water partition coefficient (Wildman–Crippen LogP) is 3.08. The van der Waals surface area contributed by atoms with Crippen molar-refractivity contribution < 1.29 is 9.53 Å². The molecule has 6 heteroatoms. The molecular formula is C13H20Cl2N2O2. The van der Waals surface area contributed by atoms with Gasteiger partial charge < -0.3 is 15.8 Å². The van der Waals surface area contributed by atoms with Crippen LogP contribution in [-0.2, 0) is 4.79 Å². The zero-order valence-corrected chi connectivity index (χ0v) is 12.8. The first-order valence-corrected chi connectivity index (χ1v) is 6.26. The summed E-state index contributed by atoms with van der Waals surface area (Å²) in [6.07, 6.45) is 0. The lowest BCUT2D eigenvalue weighted by atomic mass is 10.2. The molecule has 1 amide bonds. The minimum atomic E-state index is -0.555. The van der Waals surface area contributed by atoms with Crippen molar-refractivity contribution in [2.75, 3.05) is 11.9 Å². The number of benzene rings is 1. The van der Waals surface area contributed by atoms with Gasteiger partial charge in [-0.05, 0) is 31.0 Å². The monoisotopic (exact) mass is 306 g/mol. The average Bonchev–Trinajstić information content (AvgIpc) is 2.27. The second kappa shape index (κ2) is 8.25. The Hall–Kier alpha value is -0.970. The highest BCUT2D eigenvalue weighted by atomic mass is 35.5. The number of amides is 1. The van der Waals surface area contributed by atoms with E-state index >= 15 is 0 Å². The molecule has 0 fully saturated rings. The van der Waals surface area contributed by atoms with E-state index in [9.17, 15) is 4.79 Å². The summed E-state index contributed by atoms with van der Waals surface area (Å²) in [5, 5.41) is 3.14. The third kappa shape index (κ3) is 6.14. The van der Waals surface area contributed by atoms with Crippen LogP contribution in [0.2, 0.25) is 5.02 Å². The minimum Gasteiger partial charge on any atom is -0.492 e. The summed E-state index contributed by atoms with van der Waals surface area (Å²) in [7, 11) is 0. The minimum absolute atomic E-state index is 0. The van der Waals surface area contributed by atoms with Crippen molar-refractivity contribution in [2.45, 2.75) is 26.8 Å². The molecule has 4 nitrogen and oxygen atoms in total. The molecule has 0 aliphatic rings. The van der Waals surface area contributed by atoms with Gasteiger partial charge in [0.15, 0.2) is 0 Å². The maximum Gasteiger partial charge on any atom is 0.240 e. The average molecular weight is 307 g/mol. The van der Waals surface area contributed by atoms with Gasteiger partial charge >= 0.3 is 0 Å². The number of nitrogens with two attached hydrogens (primary N) is 1. The van der Waals surface area contributed by atoms with Gasteiger partial charge in [-0.25, -0.2) is 0 Å². The van der Waals surface area contributed by atoms with E-state index in [1.54, 1.807) is 25.1 Å². The molecule has 1 unspecified atom stereocenters. The number of rotatable bonds is 5. The maximum atomic E-state index is 11.4. The van der Waals surface area contributed by atoms with Crippen LogP contribution in [0.5, 0.6) is 5.75 Å². The summed E-state index contributed by atoms with van der Waals surface area (Å²) in [5.41, 5.74) is 6.07. The molecule has 0 aliphatic heterocycles. The summed E-state index contributed by atoms with van der Waals surface area (Å²) in [6, 6.07) is 4.57. The molecule has 0 heterocycles. The molecule has 108 valence electrons. The summed E-state index contributed by atoms with van der Waals surface area (Å²) >= 11 is 6.07. The van der Waals surface area contributed by atoms with E-state index in [2.05, 4.69) is 19.2 Å². The van der Waals surface area contributed by atoms with E-state index in [4.69, 9.17) is 22.1 Å². The van der Waals surface area contributed by atoms with Crippen molar-refractivity contribution in [1.82, 2.24) is 0 Å². The summed E-state index contributed by atoms with van der Waals surface area (Å²) in [4.78, 5) is 11.4. The maximum absolute atomic E-state index is 11.4. The molecule has 0 spiro atoms. The highest BCUT2D eigenvalue weighted by Crippen LogP contribution is 2.28. The zero-order chi connectivity index (χ0) is 13.7. The van der Waals surface area contributed by atoms with Crippen molar-refractivity contribution in [3.05, 3.63) is 23.2 Å². The number of carbonyl (C=O) groups excluding carboxylic acids is 1. The fraction of sp³-hybridized carbons (Fsp3) is 0.462. The fourth-order valence-electron chi connectivity index (χ4n) is 1.21. The Morgan fingerprint density at radius 1 is 1.42 bits per heavy atom. The van der Waals surface area contributed by atoms with Crippen LogP contribution in [0, 0.1) is 5.92 Å². The Labute approximate surface area is 125 Å². The molecule has 0 aliphatic carbocycles. The Morgan fingerprint density at radius 2 is 2.05 bits per heavy atom. The van der Waals surface area contributed by atoms with Gasteiger partial charge in [0, 0.05) is 5.69 Å². The number of nitrogens with one attached hydrogen (secondary N) is 1. The molecule has 0 saturated carbocycles. The van der Waals surface area contributed by atoms with Crippen LogP contribution in [-0.4, -0.2) is 18.6 Å². The molecule has 1 atom stereocenters. The van der Waals surface area contributed by atoms with Gasteiger partial charge in [0.2, 0.25) is 5.91 Å². The molecule has 0 bridgehead atoms. The molecule has 0 aromatic heterocycles. The van der Waals surface area contributed by atoms with Crippen molar-refractivity contribution in [3.63, 3.8) is 0 Å². The van der Waals surface area contributed by atoms with E-state index < -0.39 is 6.04 Å². The van der Waals surface area contributed by atoms with E-state index in [1.165, 1.54) is 0 Å². The quantitative estimate of drug-likeness (QED) is 0.878. The molecule has 1 aromatic carbocycles. The summed E-state index contributed by atoms with van der Waals surface area (Å²) in [5.74, 6) is 0.796. The Bertz CT molecular complexity index is 423. The number of ether oxygens (including phenoxy) is 1. The number of halogens is 2. The standard InChI is InChI=1S/C13H19ClN2O2.ClH/c1-8(2)7-18-12-5-4-10(6-11(12)14)16-13(17)9(3)15;/h4-6,8-9H,7,15H2,1-3H3,(H,16,17);1H. The van der Waals surface area contributed by atoms with Gasteiger partial charge in [0.05, 0.1) is 17.7 Å². The van der Waals surface area contributed by atoms with Crippen molar-refractivity contribution >= 4 is 35.6 Å². The normalized spacial score (nSPS) is 11.7. The Morgan fingerprint density at radius 3 is 2.53 bits per heavy atom. The molecule has 1 rings (SSSR count). The van der Waals surface area contributed by atoms with Gasteiger partial charge in [0.25, 0.3) is 0 Å². The first kappa shape index (κ1) is 18.0. The Kier molecular flexibility index (Phi) is 7.83. The topological polar surface area (TPSA) is 64.3 Å². The summed E-state index contributed by atoms with van der Waals surface area (Å²) in [6.45, 7) is 6.35. The van der Waals surface area contributed by atoms with Crippen molar-refractivity contribution in [3.8, 4) is 5.75 Å². The van der Waals surface area contributed by atoms with Crippen LogP contribution in [0.4, 0.5) is 5.69 Å². The van der Waals surface area contributed by atoms with E-state index in [0.717, 1.165) is 0 Å². The van der Waals surface area contributed by atoms with E-state index in [0.29, 0.717) is 29.0 Å². The zero-order valence-electron chi connectivity index (χ0n) is 11.3. The van der Waals surface area contributed by atoms with Gasteiger partial charge in [-0.3, -0.25) is 4.79 Å². The van der Waals surface area contributed by atoms with Crippen LogP contribution in [0.15, 0.2) is 18.2 Å². The highest BCUT2D eigenvalue weighted by molar-refractivity contribution is 6.32. The second-order valence-electron chi connectivity index (χ2n) is 4.63. The van der Waals surface area contributed by atoms with Crippen molar-refractivity contribution in [1.29, 1.82) is 0 Å². The fourth-order valence-corrected chi connectivity index (χ4v) is 1.44. The number of hydrogen-bond donors (Lipinski definition) is 2. The number of hydrogen-bond acceptors (Lipinski definition) is 3. The smallest absolute Gasteiger partial charge is 0.240 e. The van der Waals surface area contributed by atoms with Crippen molar-refractivity contribution in [2.24, 2.45) is 11.7 Å². The molecule has 3 N–H and O–H groups in total. The molecule has 19 heavy (non-hydrogen) atoms. The first-order valence-electron chi connectivity index (χ1n) is 5.89. The third-order valence-corrected chi connectivity index (χ3v) is 2.48. The second-order valence-corrected chi connectivity index (χ2v) is 5.04. The predicted molar refractivity (Wildman–Crippen MR) is 81.3 cm³/mol. The Balaban J connectivity index is 0.00000324. The lowest BCUT2D eigenvalue weighted by Crippen LogP contribution is -2.32. The van der Waals surface area contributed by atoms with E-state index in [1.807, 2.05) is 0 Å². The number of anilines is 1. The van der Waals surface area contributed by atoms with Crippen LogP contribution in [0.3, 0.4) is 0 Å². The molecule has 0 radical (unpaired) electrons. The van der Waals surface area contributed by atoms with Gasteiger partial charge in [0.1, 0.15) is 5.75 Å². The molecular weight excluding hydrogens is 287 g/mol. The lowest BCUT2D eigenvalue weighted by molar-refractivity contribution is -0.117. The third-order valence-electron chi connectivity index (χ3n) is 2.19. The SMILES string of the molecule is CC(C)COc1ccc(NC(=O)C(C)N)cc1Cl.Cl. The van der Waals surface area contributed by atoms with Crippen LogP contribution in [0.1, 0.15) is 20.8 Å². The summed E-state index contributed by atoms with van der Waals surface area (Å²) < 4.78 is 5.54. The van der Waals surface area contributed by atoms with E-state index in [-0.39, 0.29) is 18.3 Å². The van der Waals surface area contributed by atoms with Crippen LogP contribution < -0.4 is 15.8 Å². The highest BCUT2D eigenvalue weighted by Gasteiger charge is 2.09. The van der Waals surface area contributed by atoms with Gasteiger partial charge in [-0.15, -0.1) is 12.4 Å².